The quantitative estimate of drug-likeness (QED) is 0.137. The fraction of sp³-hybridized carbons (Fsp3) is 0.450. The molecule has 2 unspecified atom stereocenters. The molecule has 166 valence electrons. The van der Waals surface area contributed by atoms with Gasteiger partial charge in [-0.15, -0.1) is 0 Å². The van der Waals surface area contributed by atoms with E-state index < -0.39 is 43.3 Å². The molecular weight excluding hydrogens is 400 g/mol. The van der Waals surface area contributed by atoms with Crippen molar-refractivity contribution in [1.29, 1.82) is 0 Å². The number of aliphatic hydroxyl groups excluding tert-OH is 4. The lowest BCUT2D eigenvalue weighted by molar-refractivity contribution is -0.299. The van der Waals surface area contributed by atoms with Gasteiger partial charge in [0.05, 0.1) is 13.2 Å². The minimum absolute atomic E-state index is 0.0137. The monoisotopic (exact) mass is 426 g/mol. The molecule has 6 N–H and O–H groups in total. The Morgan fingerprint density at radius 3 is 2.53 bits per heavy atom. The van der Waals surface area contributed by atoms with Gasteiger partial charge in [0.15, 0.2) is 17.8 Å². The maximum absolute atomic E-state index is 11.9. The molecule has 0 aliphatic carbocycles. The highest BCUT2D eigenvalue weighted by Crippen LogP contribution is 2.25. The number of esters is 1. The van der Waals surface area contributed by atoms with Gasteiger partial charge >= 0.3 is 5.97 Å². The average Bonchev–Trinajstić information content (AvgIpc) is 2.72. The minimum atomic E-state index is -1.58. The van der Waals surface area contributed by atoms with Crippen LogP contribution in [0.25, 0.3) is 6.08 Å². The van der Waals surface area contributed by atoms with Crippen LogP contribution in [0.5, 0.6) is 11.5 Å². The van der Waals surface area contributed by atoms with Crippen LogP contribution in [-0.4, -0.2) is 87.1 Å². The Bertz CT molecular complexity index is 775. The predicted molar refractivity (Wildman–Crippen MR) is 103 cm³/mol. The number of carbonyl (C=O) groups excluding carboxylic acids is 1. The SMILES string of the molecule is C/C(=C\CO)CO[C@@H]1OC(COC(=O)/C=C/c2ccc(O)c(O)c2)[C@@H](O)C(O)[C@@H]1O. The molecule has 5 atom stereocenters. The molecule has 1 aliphatic heterocycles. The van der Waals surface area contributed by atoms with Crippen molar-refractivity contribution in [2.45, 2.75) is 37.6 Å². The normalized spacial score (nSPS) is 27.4. The molecule has 1 aliphatic rings. The first-order valence-corrected chi connectivity index (χ1v) is 9.17. The number of carbonyl (C=O) groups is 1. The van der Waals surface area contributed by atoms with Crippen molar-refractivity contribution in [2.75, 3.05) is 19.8 Å². The lowest BCUT2D eigenvalue weighted by Gasteiger charge is -2.39. The second kappa shape index (κ2) is 11.1. The van der Waals surface area contributed by atoms with E-state index in [9.17, 15) is 30.3 Å². The van der Waals surface area contributed by atoms with E-state index >= 15 is 0 Å². The molecule has 1 fully saturated rings. The Morgan fingerprint density at radius 2 is 1.87 bits per heavy atom. The van der Waals surface area contributed by atoms with E-state index in [2.05, 4.69) is 0 Å². The zero-order chi connectivity index (χ0) is 22.3. The summed E-state index contributed by atoms with van der Waals surface area (Å²) in [6, 6.07) is 3.98. The number of hydrogen-bond donors (Lipinski definition) is 6. The smallest absolute Gasteiger partial charge is 0.330 e. The molecule has 30 heavy (non-hydrogen) atoms. The topological polar surface area (TPSA) is 166 Å². The number of benzene rings is 1. The Morgan fingerprint density at radius 1 is 1.13 bits per heavy atom. The third kappa shape index (κ3) is 6.52. The van der Waals surface area contributed by atoms with Crippen LogP contribution < -0.4 is 0 Å². The van der Waals surface area contributed by atoms with Crippen LogP contribution >= 0.6 is 0 Å². The maximum atomic E-state index is 11.9. The summed E-state index contributed by atoms with van der Waals surface area (Å²) in [6.07, 6.45) is -3.11. The summed E-state index contributed by atoms with van der Waals surface area (Å²) >= 11 is 0. The molecule has 1 heterocycles. The van der Waals surface area contributed by atoms with Crippen molar-refractivity contribution in [2.24, 2.45) is 0 Å². The van der Waals surface area contributed by atoms with Crippen molar-refractivity contribution in [1.82, 2.24) is 0 Å². The summed E-state index contributed by atoms with van der Waals surface area (Å²) in [6.45, 7) is 1.11. The van der Waals surface area contributed by atoms with Crippen LogP contribution in [0.15, 0.2) is 35.9 Å². The summed E-state index contributed by atoms with van der Waals surface area (Å²) in [5.41, 5.74) is 1.11. The Balaban J connectivity index is 1.91. The maximum Gasteiger partial charge on any atom is 0.330 e. The fourth-order valence-electron chi connectivity index (χ4n) is 2.64. The molecule has 1 saturated heterocycles. The van der Waals surface area contributed by atoms with Gasteiger partial charge in [0, 0.05) is 6.08 Å². The number of aromatic hydroxyl groups is 2. The zero-order valence-corrected chi connectivity index (χ0v) is 16.3. The van der Waals surface area contributed by atoms with E-state index in [1.165, 1.54) is 30.4 Å². The molecule has 0 amide bonds. The van der Waals surface area contributed by atoms with Gasteiger partial charge in [-0.25, -0.2) is 4.79 Å². The molecule has 10 heteroatoms. The predicted octanol–water partition coefficient (Wildman–Crippen LogP) is -0.583. The summed E-state index contributed by atoms with van der Waals surface area (Å²) in [4.78, 5) is 11.9. The highest BCUT2D eigenvalue weighted by molar-refractivity contribution is 5.87. The van der Waals surface area contributed by atoms with Crippen LogP contribution in [0.1, 0.15) is 12.5 Å². The van der Waals surface area contributed by atoms with E-state index in [1.807, 2.05) is 0 Å². The second-order valence-electron chi connectivity index (χ2n) is 6.77. The van der Waals surface area contributed by atoms with E-state index in [1.54, 1.807) is 6.92 Å². The highest BCUT2D eigenvalue weighted by atomic mass is 16.7. The molecule has 2 rings (SSSR count). The molecular formula is C20H26O10. The Hall–Kier alpha value is -2.47. The van der Waals surface area contributed by atoms with E-state index in [4.69, 9.17) is 19.3 Å². The lowest BCUT2D eigenvalue weighted by Crippen LogP contribution is -2.59. The van der Waals surface area contributed by atoms with Crippen LogP contribution in [-0.2, 0) is 19.0 Å². The molecule has 1 aromatic carbocycles. The number of phenolic OH excluding ortho intramolecular Hbond substituents is 2. The summed E-state index contributed by atoms with van der Waals surface area (Å²) in [5.74, 6) is -1.41. The van der Waals surface area contributed by atoms with Crippen molar-refractivity contribution in [3.8, 4) is 11.5 Å². The van der Waals surface area contributed by atoms with Gasteiger partial charge in [-0.3, -0.25) is 0 Å². The Labute approximate surface area is 172 Å². The van der Waals surface area contributed by atoms with Gasteiger partial charge in [-0.05, 0) is 36.3 Å². The zero-order valence-electron chi connectivity index (χ0n) is 16.3. The Kier molecular flexibility index (Phi) is 8.78. The first kappa shape index (κ1) is 23.8. The summed E-state index contributed by atoms with van der Waals surface area (Å²) < 4.78 is 15.8. The van der Waals surface area contributed by atoms with Gasteiger partial charge < -0.3 is 44.8 Å². The first-order chi connectivity index (χ1) is 14.2. The minimum Gasteiger partial charge on any atom is -0.504 e. The number of ether oxygens (including phenoxy) is 3. The van der Waals surface area contributed by atoms with Crippen molar-refractivity contribution < 1.29 is 49.6 Å². The third-order valence-electron chi connectivity index (χ3n) is 4.38. The summed E-state index contributed by atoms with van der Waals surface area (Å²) in [7, 11) is 0. The number of rotatable bonds is 8. The summed E-state index contributed by atoms with van der Waals surface area (Å²) in [5, 5.41) is 57.6. The van der Waals surface area contributed by atoms with Gasteiger partial charge in [0.2, 0.25) is 0 Å². The number of aliphatic hydroxyl groups is 4. The average molecular weight is 426 g/mol. The van der Waals surface area contributed by atoms with Crippen LogP contribution in [0, 0.1) is 0 Å². The molecule has 0 aromatic heterocycles. The van der Waals surface area contributed by atoms with E-state index in [0.29, 0.717) is 11.1 Å². The molecule has 10 nitrogen and oxygen atoms in total. The fourth-order valence-corrected chi connectivity index (χ4v) is 2.64. The van der Waals surface area contributed by atoms with Gasteiger partial charge in [-0.1, -0.05) is 12.1 Å². The van der Waals surface area contributed by atoms with Crippen molar-refractivity contribution >= 4 is 12.0 Å². The van der Waals surface area contributed by atoms with Gasteiger partial charge in [-0.2, -0.15) is 0 Å². The van der Waals surface area contributed by atoms with E-state index in [0.717, 1.165) is 6.08 Å². The highest BCUT2D eigenvalue weighted by Gasteiger charge is 2.44. The van der Waals surface area contributed by atoms with Crippen LogP contribution in [0.3, 0.4) is 0 Å². The third-order valence-corrected chi connectivity index (χ3v) is 4.38. The number of phenols is 2. The molecule has 0 radical (unpaired) electrons. The molecule has 0 bridgehead atoms. The second-order valence-corrected chi connectivity index (χ2v) is 6.77. The standard InChI is InChI=1S/C20H26O10/c1-11(6-7-21)9-29-20-19(27)18(26)17(25)15(30-20)10-28-16(24)5-3-12-2-4-13(22)14(23)8-12/h2-6,8,15,17-23,25-27H,7,9-10H2,1H3/b5-3+,11-6+/t15?,17-,18?,19+,20-/m1/s1. The van der Waals surface area contributed by atoms with Crippen LogP contribution in [0.4, 0.5) is 0 Å². The molecule has 0 saturated carbocycles. The first-order valence-electron chi connectivity index (χ1n) is 9.17. The van der Waals surface area contributed by atoms with Gasteiger partial charge in [0.25, 0.3) is 0 Å². The van der Waals surface area contributed by atoms with Crippen molar-refractivity contribution in [3.63, 3.8) is 0 Å². The lowest BCUT2D eigenvalue weighted by atomic mass is 9.99. The van der Waals surface area contributed by atoms with Gasteiger partial charge in [0.1, 0.15) is 31.0 Å². The van der Waals surface area contributed by atoms with E-state index in [-0.39, 0.29) is 24.7 Å². The van der Waals surface area contributed by atoms with Crippen molar-refractivity contribution in [3.05, 3.63) is 41.5 Å². The largest absolute Gasteiger partial charge is 0.504 e. The molecule has 1 aromatic rings. The van der Waals surface area contributed by atoms with Crippen LogP contribution in [0.2, 0.25) is 0 Å². The number of hydrogen-bond acceptors (Lipinski definition) is 10. The molecule has 0 spiro atoms.